The number of likely N-dealkylation sites (N-methyl/N-ethyl adjacent to an activating group) is 1. The fourth-order valence-corrected chi connectivity index (χ4v) is 2.54. The highest BCUT2D eigenvalue weighted by atomic mass is 16.5. The van der Waals surface area contributed by atoms with E-state index in [1.165, 1.54) is 5.56 Å². The lowest BCUT2D eigenvalue weighted by Gasteiger charge is -2.26. The van der Waals surface area contributed by atoms with E-state index in [1.54, 1.807) is 6.20 Å². The van der Waals surface area contributed by atoms with Crippen molar-refractivity contribution in [2.45, 2.75) is 32.9 Å². The number of aromatic nitrogens is 1. The Labute approximate surface area is 138 Å². The van der Waals surface area contributed by atoms with Gasteiger partial charge in [0.15, 0.2) is 0 Å². The van der Waals surface area contributed by atoms with Crippen molar-refractivity contribution >= 4 is 0 Å². The van der Waals surface area contributed by atoms with Gasteiger partial charge in [-0.3, -0.25) is 9.88 Å². The van der Waals surface area contributed by atoms with Gasteiger partial charge in [-0.25, -0.2) is 0 Å². The highest BCUT2D eigenvalue weighted by Crippen LogP contribution is 2.19. The van der Waals surface area contributed by atoms with E-state index in [0.717, 1.165) is 17.0 Å². The first-order valence-electron chi connectivity index (χ1n) is 7.96. The van der Waals surface area contributed by atoms with Gasteiger partial charge in [-0.15, -0.1) is 0 Å². The van der Waals surface area contributed by atoms with Crippen LogP contribution >= 0.6 is 0 Å². The Kier molecular flexibility index (Phi) is 6.13. The van der Waals surface area contributed by atoms with Crippen molar-refractivity contribution in [3.8, 4) is 5.75 Å². The van der Waals surface area contributed by atoms with Crippen molar-refractivity contribution < 1.29 is 9.84 Å². The quantitative estimate of drug-likeness (QED) is 0.853. The van der Waals surface area contributed by atoms with Crippen molar-refractivity contribution in [1.82, 2.24) is 9.88 Å². The molecule has 0 fully saturated rings. The molecule has 0 saturated carbocycles. The summed E-state index contributed by atoms with van der Waals surface area (Å²) in [5, 5.41) is 10.2. The Balaban J connectivity index is 1.85. The summed E-state index contributed by atoms with van der Waals surface area (Å²) in [5.74, 6) is 0.829. The molecule has 4 heteroatoms. The first-order valence-corrected chi connectivity index (χ1v) is 7.96. The number of hydrogen-bond donors (Lipinski definition) is 1. The lowest BCUT2D eigenvalue weighted by Crippen LogP contribution is -2.35. The minimum atomic E-state index is -0.549. The van der Waals surface area contributed by atoms with Gasteiger partial charge in [0.05, 0.1) is 5.69 Å². The van der Waals surface area contributed by atoms with E-state index in [2.05, 4.69) is 29.8 Å². The third-order valence-corrected chi connectivity index (χ3v) is 4.04. The average Bonchev–Trinajstić information content (AvgIpc) is 2.54. The Bertz CT molecular complexity index is 616. The number of rotatable bonds is 7. The number of pyridine rings is 1. The van der Waals surface area contributed by atoms with Crippen LogP contribution < -0.4 is 4.74 Å². The maximum atomic E-state index is 10.2. The number of aliphatic hydroxyl groups excluding tert-OH is 1. The first-order chi connectivity index (χ1) is 11.0. The highest BCUT2D eigenvalue weighted by Gasteiger charge is 2.16. The molecule has 23 heavy (non-hydrogen) atoms. The van der Waals surface area contributed by atoms with Gasteiger partial charge < -0.3 is 9.84 Å². The molecule has 4 nitrogen and oxygen atoms in total. The molecule has 2 unspecified atom stereocenters. The van der Waals surface area contributed by atoms with Crippen molar-refractivity contribution in [1.29, 1.82) is 0 Å². The van der Waals surface area contributed by atoms with Crippen LogP contribution in [0.5, 0.6) is 5.75 Å². The van der Waals surface area contributed by atoms with Gasteiger partial charge in [0.2, 0.25) is 0 Å². The lowest BCUT2D eigenvalue weighted by molar-refractivity contribution is 0.0646. The number of nitrogens with zero attached hydrogens (tertiary/aromatic N) is 2. The molecule has 1 N–H and O–H groups in total. The predicted octanol–water partition coefficient (Wildman–Crippen LogP) is 3.13. The van der Waals surface area contributed by atoms with Gasteiger partial charge in [-0.05, 0) is 51.6 Å². The second-order valence-electron chi connectivity index (χ2n) is 6.10. The molecular weight excluding hydrogens is 288 g/mol. The summed E-state index contributed by atoms with van der Waals surface area (Å²) in [6, 6.07) is 12.1. The maximum absolute atomic E-state index is 10.2. The predicted molar refractivity (Wildman–Crippen MR) is 92.7 cm³/mol. The molecule has 124 valence electrons. The highest BCUT2D eigenvalue weighted by molar-refractivity contribution is 5.35. The Morgan fingerprint density at radius 1 is 1.22 bits per heavy atom. The molecule has 0 aliphatic carbocycles. The Morgan fingerprint density at radius 3 is 2.65 bits per heavy atom. The molecule has 1 aromatic carbocycles. The molecule has 0 aliphatic heterocycles. The maximum Gasteiger partial charge on any atom is 0.122 e. The molecule has 2 aromatic rings. The van der Waals surface area contributed by atoms with Crippen molar-refractivity contribution in [2.75, 3.05) is 20.2 Å². The van der Waals surface area contributed by atoms with Gasteiger partial charge in [-0.2, -0.15) is 0 Å². The van der Waals surface area contributed by atoms with Crippen LogP contribution in [-0.2, 0) is 0 Å². The number of ether oxygens (including phenoxy) is 1. The Hall–Kier alpha value is -1.91. The molecule has 2 atom stereocenters. The van der Waals surface area contributed by atoms with Crippen LogP contribution in [0.1, 0.15) is 29.8 Å². The third-order valence-electron chi connectivity index (χ3n) is 4.04. The summed E-state index contributed by atoms with van der Waals surface area (Å²) in [4.78, 5) is 6.45. The third kappa shape index (κ3) is 5.05. The average molecular weight is 314 g/mol. The van der Waals surface area contributed by atoms with E-state index < -0.39 is 6.10 Å². The van der Waals surface area contributed by atoms with Crippen molar-refractivity contribution in [3.05, 3.63) is 59.4 Å². The van der Waals surface area contributed by atoms with Crippen LogP contribution in [-0.4, -0.2) is 41.3 Å². The van der Waals surface area contributed by atoms with Crippen LogP contribution in [0, 0.1) is 13.8 Å². The van der Waals surface area contributed by atoms with Gasteiger partial charge in [0, 0.05) is 18.8 Å². The molecule has 0 radical (unpaired) electrons. The number of aliphatic hydroxyl groups is 1. The van der Waals surface area contributed by atoms with E-state index in [1.807, 2.05) is 44.3 Å². The van der Waals surface area contributed by atoms with Crippen LogP contribution in [0.3, 0.4) is 0 Å². The van der Waals surface area contributed by atoms with Gasteiger partial charge in [0.25, 0.3) is 0 Å². The fraction of sp³-hybridized carbons (Fsp3) is 0.421. The molecule has 0 saturated heterocycles. The van der Waals surface area contributed by atoms with E-state index in [-0.39, 0.29) is 12.6 Å². The zero-order valence-electron chi connectivity index (χ0n) is 14.4. The Morgan fingerprint density at radius 2 is 2.00 bits per heavy atom. The number of aryl methyl sites for hydroxylation is 2. The van der Waals surface area contributed by atoms with Crippen LogP contribution in [0.25, 0.3) is 0 Å². The lowest BCUT2D eigenvalue weighted by atomic mass is 10.1. The molecule has 1 aromatic heterocycles. The molecule has 0 bridgehead atoms. The normalized spacial score (nSPS) is 13.8. The van der Waals surface area contributed by atoms with Crippen molar-refractivity contribution in [2.24, 2.45) is 0 Å². The minimum Gasteiger partial charge on any atom is -0.491 e. The largest absolute Gasteiger partial charge is 0.491 e. The van der Waals surface area contributed by atoms with Gasteiger partial charge >= 0.3 is 0 Å². The SMILES string of the molecule is Cc1ccc(OCC(O)CN(C)C(C)c2ccccn2)c(C)c1. The van der Waals surface area contributed by atoms with Crippen molar-refractivity contribution in [3.63, 3.8) is 0 Å². The summed E-state index contributed by atoms with van der Waals surface area (Å²) in [7, 11) is 1.99. The summed E-state index contributed by atoms with van der Waals surface area (Å²) in [6.07, 6.45) is 1.24. The standard InChI is InChI=1S/C19H26N2O2/c1-14-8-9-19(15(2)11-14)23-13-17(22)12-21(4)16(3)18-7-5-6-10-20-18/h5-11,16-17,22H,12-13H2,1-4H3. The summed E-state index contributed by atoms with van der Waals surface area (Å²) in [6.45, 7) is 6.97. The smallest absolute Gasteiger partial charge is 0.122 e. The van der Waals surface area contributed by atoms with Crippen LogP contribution in [0.2, 0.25) is 0 Å². The fourth-order valence-electron chi connectivity index (χ4n) is 2.54. The van der Waals surface area contributed by atoms with E-state index >= 15 is 0 Å². The zero-order valence-corrected chi connectivity index (χ0v) is 14.4. The number of hydrogen-bond acceptors (Lipinski definition) is 4. The molecular formula is C19H26N2O2. The molecule has 0 amide bonds. The second kappa shape index (κ2) is 8.09. The summed E-state index contributed by atoms with van der Waals surface area (Å²) in [5.41, 5.74) is 3.30. The second-order valence-corrected chi connectivity index (χ2v) is 6.10. The minimum absolute atomic E-state index is 0.145. The van der Waals surface area contributed by atoms with Gasteiger partial charge in [0.1, 0.15) is 18.5 Å². The topological polar surface area (TPSA) is 45.6 Å². The van der Waals surface area contributed by atoms with E-state index in [0.29, 0.717) is 6.54 Å². The zero-order chi connectivity index (χ0) is 16.8. The van der Waals surface area contributed by atoms with E-state index in [9.17, 15) is 5.11 Å². The summed E-state index contributed by atoms with van der Waals surface area (Å²) < 4.78 is 5.75. The van der Waals surface area contributed by atoms with Gasteiger partial charge in [-0.1, -0.05) is 23.8 Å². The monoisotopic (exact) mass is 314 g/mol. The first kappa shape index (κ1) is 17.4. The van der Waals surface area contributed by atoms with Crippen LogP contribution in [0.4, 0.5) is 0 Å². The van der Waals surface area contributed by atoms with Crippen LogP contribution in [0.15, 0.2) is 42.6 Å². The number of benzene rings is 1. The van der Waals surface area contributed by atoms with E-state index in [4.69, 9.17) is 4.74 Å². The summed E-state index contributed by atoms with van der Waals surface area (Å²) >= 11 is 0. The molecule has 0 spiro atoms. The molecule has 1 heterocycles. The molecule has 0 aliphatic rings. The molecule has 2 rings (SSSR count).